The molecule has 84 valence electrons. The Labute approximate surface area is 99.6 Å². The maximum atomic E-state index is 9.17. The molecule has 0 aliphatic carbocycles. The summed E-state index contributed by atoms with van der Waals surface area (Å²) in [5.41, 5.74) is 4.57. The number of nitrogens with zero attached hydrogens (tertiary/aromatic N) is 1. The number of thiazole rings is 1. The average Bonchev–Trinajstić information content (AvgIpc) is 2.63. The molecule has 2 aromatic rings. The molecule has 0 aliphatic heterocycles. The van der Waals surface area contributed by atoms with Crippen LogP contribution in [0, 0.1) is 20.8 Å². The van der Waals surface area contributed by atoms with Crippen LogP contribution in [-0.4, -0.2) is 10.1 Å². The Bertz CT molecular complexity index is 517. The van der Waals surface area contributed by atoms with Crippen LogP contribution < -0.4 is 0 Å². The normalized spacial score (nSPS) is 10.8. The topological polar surface area (TPSA) is 33.1 Å². The van der Waals surface area contributed by atoms with E-state index in [9.17, 15) is 5.11 Å². The fraction of sp³-hybridized carbons (Fsp3) is 0.308. The van der Waals surface area contributed by atoms with Crippen molar-refractivity contribution in [2.24, 2.45) is 0 Å². The SMILES string of the molecule is Cc1ccc(C)c(-c2nc(C)c(CO)s2)c1. The van der Waals surface area contributed by atoms with Gasteiger partial charge in [-0.2, -0.15) is 0 Å². The highest BCUT2D eigenvalue weighted by Crippen LogP contribution is 2.30. The third-order valence-corrected chi connectivity index (χ3v) is 3.84. The molecule has 3 heteroatoms. The molecule has 1 aromatic heterocycles. The number of rotatable bonds is 2. The molecule has 0 saturated heterocycles. The zero-order chi connectivity index (χ0) is 11.7. The van der Waals surface area contributed by atoms with E-state index in [1.165, 1.54) is 16.7 Å². The van der Waals surface area contributed by atoms with Crippen molar-refractivity contribution >= 4 is 11.3 Å². The van der Waals surface area contributed by atoms with Crippen LogP contribution in [0.4, 0.5) is 0 Å². The van der Waals surface area contributed by atoms with Crippen LogP contribution in [0.1, 0.15) is 21.7 Å². The minimum absolute atomic E-state index is 0.0777. The fourth-order valence-corrected chi connectivity index (χ4v) is 2.66. The number of aliphatic hydroxyl groups excluding tert-OH is 1. The summed E-state index contributed by atoms with van der Waals surface area (Å²) < 4.78 is 0. The van der Waals surface area contributed by atoms with E-state index in [1.807, 2.05) is 6.92 Å². The molecule has 2 rings (SSSR count). The van der Waals surface area contributed by atoms with Gasteiger partial charge in [0.25, 0.3) is 0 Å². The van der Waals surface area contributed by atoms with Gasteiger partial charge in [-0.15, -0.1) is 11.3 Å². The van der Waals surface area contributed by atoms with Crippen LogP contribution in [-0.2, 0) is 6.61 Å². The molecule has 1 heterocycles. The van der Waals surface area contributed by atoms with Crippen LogP contribution >= 0.6 is 11.3 Å². The van der Waals surface area contributed by atoms with Gasteiger partial charge in [-0.05, 0) is 32.4 Å². The third kappa shape index (κ3) is 2.01. The third-order valence-electron chi connectivity index (χ3n) is 2.66. The van der Waals surface area contributed by atoms with Gasteiger partial charge in [0.05, 0.1) is 17.2 Å². The van der Waals surface area contributed by atoms with Gasteiger partial charge >= 0.3 is 0 Å². The quantitative estimate of drug-likeness (QED) is 0.864. The molecule has 0 radical (unpaired) electrons. The molecule has 0 aliphatic rings. The molecule has 0 bridgehead atoms. The molecule has 0 atom stereocenters. The summed E-state index contributed by atoms with van der Waals surface area (Å²) in [5, 5.41) is 10.2. The lowest BCUT2D eigenvalue weighted by Crippen LogP contribution is -1.84. The summed E-state index contributed by atoms with van der Waals surface area (Å²) in [5.74, 6) is 0. The summed E-state index contributed by atoms with van der Waals surface area (Å²) in [6.07, 6.45) is 0. The van der Waals surface area contributed by atoms with E-state index in [2.05, 4.69) is 37.0 Å². The van der Waals surface area contributed by atoms with Gasteiger partial charge in [-0.1, -0.05) is 17.7 Å². The van der Waals surface area contributed by atoms with E-state index >= 15 is 0 Å². The van der Waals surface area contributed by atoms with Crippen LogP contribution in [0.15, 0.2) is 18.2 Å². The Kier molecular flexibility index (Phi) is 3.08. The van der Waals surface area contributed by atoms with Crippen molar-refractivity contribution in [3.05, 3.63) is 39.9 Å². The average molecular weight is 233 g/mol. The molecular formula is C13H15NOS. The maximum absolute atomic E-state index is 9.17. The first-order chi connectivity index (χ1) is 7.61. The second-order valence-electron chi connectivity index (χ2n) is 4.00. The molecule has 0 unspecified atom stereocenters. The first-order valence-corrected chi connectivity index (χ1v) is 6.08. The standard InChI is InChI=1S/C13H15NOS/c1-8-4-5-9(2)11(6-8)13-14-10(3)12(7-15)16-13/h4-6,15H,7H2,1-3H3. The summed E-state index contributed by atoms with van der Waals surface area (Å²) >= 11 is 1.57. The molecule has 16 heavy (non-hydrogen) atoms. The Hall–Kier alpha value is -1.19. The predicted octanol–water partition coefficient (Wildman–Crippen LogP) is 3.23. The summed E-state index contributed by atoms with van der Waals surface area (Å²) in [7, 11) is 0. The van der Waals surface area contributed by atoms with Crippen LogP contribution in [0.3, 0.4) is 0 Å². The zero-order valence-corrected chi connectivity index (χ0v) is 10.6. The second kappa shape index (κ2) is 4.36. The molecule has 2 nitrogen and oxygen atoms in total. The molecule has 0 amide bonds. The lowest BCUT2D eigenvalue weighted by atomic mass is 10.1. The number of aliphatic hydroxyl groups is 1. The lowest BCUT2D eigenvalue weighted by molar-refractivity contribution is 0.284. The first-order valence-electron chi connectivity index (χ1n) is 5.26. The summed E-state index contributed by atoms with van der Waals surface area (Å²) in [6, 6.07) is 6.36. The van der Waals surface area contributed by atoms with E-state index in [0.717, 1.165) is 15.6 Å². The van der Waals surface area contributed by atoms with Gasteiger partial charge in [-0.3, -0.25) is 0 Å². The fourth-order valence-electron chi connectivity index (χ4n) is 1.66. The minimum atomic E-state index is 0.0777. The van der Waals surface area contributed by atoms with Gasteiger partial charge in [0.2, 0.25) is 0 Å². The summed E-state index contributed by atoms with van der Waals surface area (Å²) in [6.45, 7) is 6.19. The van der Waals surface area contributed by atoms with Crippen LogP contribution in [0.2, 0.25) is 0 Å². The molecule has 1 N–H and O–H groups in total. The molecule has 0 fully saturated rings. The largest absolute Gasteiger partial charge is 0.391 e. The molecule has 0 saturated carbocycles. The van der Waals surface area contributed by atoms with E-state index in [-0.39, 0.29) is 6.61 Å². The molecule has 1 aromatic carbocycles. The lowest BCUT2D eigenvalue weighted by Gasteiger charge is -2.03. The van der Waals surface area contributed by atoms with Gasteiger partial charge in [0.1, 0.15) is 5.01 Å². The predicted molar refractivity (Wildman–Crippen MR) is 67.7 cm³/mol. The van der Waals surface area contributed by atoms with E-state index in [1.54, 1.807) is 11.3 Å². The zero-order valence-electron chi connectivity index (χ0n) is 9.74. The van der Waals surface area contributed by atoms with Crippen molar-refractivity contribution in [1.82, 2.24) is 4.98 Å². The summed E-state index contributed by atoms with van der Waals surface area (Å²) in [4.78, 5) is 5.47. The highest BCUT2D eigenvalue weighted by Gasteiger charge is 2.10. The highest BCUT2D eigenvalue weighted by molar-refractivity contribution is 7.15. The second-order valence-corrected chi connectivity index (χ2v) is 5.09. The van der Waals surface area contributed by atoms with Crippen molar-refractivity contribution in [3.63, 3.8) is 0 Å². The number of aryl methyl sites for hydroxylation is 3. The number of aromatic nitrogens is 1. The van der Waals surface area contributed by atoms with Crippen molar-refractivity contribution < 1.29 is 5.11 Å². The number of hydrogen-bond acceptors (Lipinski definition) is 3. The van der Waals surface area contributed by atoms with E-state index in [0.29, 0.717) is 0 Å². The number of hydrogen-bond donors (Lipinski definition) is 1. The Morgan fingerprint density at radius 1 is 1.25 bits per heavy atom. The Balaban J connectivity index is 2.53. The monoisotopic (exact) mass is 233 g/mol. The van der Waals surface area contributed by atoms with E-state index in [4.69, 9.17) is 0 Å². The van der Waals surface area contributed by atoms with Crippen LogP contribution in [0.25, 0.3) is 10.6 Å². The highest BCUT2D eigenvalue weighted by atomic mass is 32.1. The van der Waals surface area contributed by atoms with Crippen molar-refractivity contribution in [2.45, 2.75) is 27.4 Å². The van der Waals surface area contributed by atoms with Gasteiger partial charge < -0.3 is 5.11 Å². The Morgan fingerprint density at radius 2 is 2.00 bits per heavy atom. The smallest absolute Gasteiger partial charge is 0.124 e. The molecular weight excluding hydrogens is 218 g/mol. The van der Waals surface area contributed by atoms with E-state index < -0.39 is 0 Å². The maximum Gasteiger partial charge on any atom is 0.124 e. The van der Waals surface area contributed by atoms with Crippen molar-refractivity contribution in [1.29, 1.82) is 0 Å². The molecule has 0 spiro atoms. The van der Waals surface area contributed by atoms with Crippen molar-refractivity contribution in [2.75, 3.05) is 0 Å². The first kappa shape index (κ1) is 11.3. The van der Waals surface area contributed by atoms with Gasteiger partial charge in [0.15, 0.2) is 0 Å². The van der Waals surface area contributed by atoms with Crippen LogP contribution in [0.5, 0.6) is 0 Å². The van der Waals surface area contributed by atoms with Gasteiger partial charge in [-0.25, -0.2) is 4.98 Å². The van der Waals surface area contributed by atoms with Gasteiger partial charge in [0, 0.05) is 5.56 Å². The minimum Gasteiger partial charge on any atom is -0.391 e. The van der Waals surface area contributed by atoms with Crippen molar-refractivity contribution in [3.8, 4) is 10.6 Å². The Morgan fingerprint density at radius 3 is 2.62 bits per heavy atom. The number of benzene rings is 1.